The van der Waals surface area contributed by atoms with Crippen molar-refractivity contribution in [2.24, 2.45) is 5.73 Å². The van der Waals surface area contributed by atoms with Gasteiger partial charge in [0.1, 0.15) is 10.7 Å². The van der Waals surface area contributed by atoms with Crippen molar-refractivity contribution in [3.63, 3.8) is 0 Å². The van der Waals surface area contributed by atoms with Crippen LogP contribution in [0.5, 0.6) is 5.75 Å². The van der Waals surface area contributed by atoms with Gasteiger partial charge >= 0.3 is 0 Å². The van der Waals surface area contributed by atoms with Crippen LogP contribution in [0, 0.1) is 0 Å². The predicted molar refractivity (Wildman–Crippen MR) is 83.9 cm³/mol. The molecule has 0 aliphatic rings. The van der Waals surface area contributed by atoms with Gasteiger partial charge in [0, 0.05) is 13.1 Å². The third kappa shape index (κ3) is 4.79. The molecule has 20 heavy (non-hydrogen) atoms. The minimum Gasteiger partial charge on any atom is -0.496 e. The molecular formula is C14H21N3O2S. The minimum absolute atomic E-state index is 0.0155. The van der Waals surface area contributed by atoms with Gasteiger partial charge in [-0.15, -0.1) is 0 Å². The van der Waals surface area contributed by atoms with Crippen LogP contribution in [0.3, 0.4) is 0 Å². The van der Waals surface area contributed by atoms with Gasteiger partial charge in [-0.1, -0.05) is 18.3 Å². The molecule has 1 aromatic rings. The highest BCUT2D eigenvalue weighted by Crippen LogP contribution is 2.20. The number of benzene rings is 1. The fourth-order valence-corrected chi connectivity index (χ4v) is 2.07. The molecule has 0 fully saturated rings. The number of hydrogen-bond acceptors (Lipinski definition) is 4. The quantitative estimate of drug-likeness (QED) is 0.732. The number of carbonyl (C=O) groups excluding carboxylic acids is 1. The highest BCUT2D eigenvalue weighted by molar-refractivity contribution is 7.80. The molecule has 110 valence electrons. The second-order valence-corrected chi connectivity index (χ2v) is 4.96. The lowest BCUT2D eigenvalue weighted by atomic mass is 10.1. The van der Waals surface area contributed by atoms with E-state index in [0.29, 0.717) is 30.4 Å². The average Bonchev–Trinajstić information content (AvgIpc) is 2.38. The summed E-state index contributed by atoms with van der Waals surface area (Å²) < 4.78 is 5.28. The minimum atomic E-state index is 0.0155. The summed E-state index contributed by atoms with van der Waals surface area (Å²) in [5, 5.41) is 2.77. The molecule has 0 atom stereocenters. The molecule has 0 bridgehead atoms. The summed E-state index contributed by atoms with van der Waals surface area (Å²) in [6.45, 7) is 3.54. The van der Waals surface area contributed by atoms with Gasteiger partial charge in [0.05, 0.1) is 19.2 Å². The van der Waals surface area contributed by atoms with Crippen LogP contribution in [-0.4, -0.2) is 43.0 Å². The van der Waals surface area contributed by atoms with Gasteiger partial charge in [0.15, 0.2) is 0 Å². The molecule has 0 aliphatic carbocycles. The lowest BCUT2D eigenvalue weighted by molar-refractivity contribution is -0.121. The fraction of sp³-hybridized carbons (Fsp3) is 0.429. The van der Waals surface area contributed by atoms with Crippen LogP contribution in [0.1, 0.15) is 18.1 Å². The number of nitrogens with zero attached hydrogens (tertiary/aromatic N) is 1. The maximum atomic E-state index is 11.5. The van der Waals surface area contributed by atoms with Crippen molar-refractivity contribution in [3.8, 4) is 5.75 Å². The van der Waals surface area contributed by atoms with Crippen molar-refractivity contribution < 1.29 is 9.53 Å². The van der Waals surface area contributed by atoms with Gasteiger partial charge in [-0.2, -0.15) is 0 Å². The van der Waals surface area contributed by atoms with Crippen molar-refractivity contribution in [3.05, 3.63) is 29.3 Å². The first-order chi connectivity index (χ1) is 9.47. The first-order valence-corrected chi connectivity index (χ1v) is 6.80. The number of ether oxygens (including phenoxy) is 1. The van der Waals surface area contributed by atoms with Crippen molar-refractivity contribution in [2.75, 3.05) is 27.2 Å². The molecule has 1 rings (SSSR count). The molecule has 0 aromatic heterocycles. The van der Waals surface area contributed by atoms with Crippen LogP contribution in [0.4, 0.5) is 0 Å². The van der Waals surface area contributed by atoms with Crippen LogP contribution in [0.25, 0.3) is 0 Å². The molecule has 0 aliphatic heterocycles. The Morgan fingerprint density at radius 1 is 1.50 bits per heavy atom. The van der Waals surface area contributed by atoms with E-state index in [2.05, 4.69) is 5.32 Å². The van der Waals surface area contributed by atoms with Crippen LogP contribution in [-0.2, 0) is 11.3 Å². The first kappa shape index (κ1) is 16.4. The van der Waals surface area contributed by atoms with Gasteiger partial charge in [-0.25, -0.2) is 0 Å². The predicted octanol–water partition coefficient (Wildman–Crippen LogP) is 0.897. The summed E-state index contributed by atoms with van der Waals surface area (Å²) in [4.78, 5) is 13.7. The average molecular weight is 295 g/mol. The molecule has 5 nitrogen and oxygen atoms in total. The van der Waals surface area contributed by atoms with Crippen molar-refractivity contribution in [2.45, 2.75) is 13.5 Å². The van der Waals surface area contributed by atoms with Crippen LogP contribution < -0.4 is 15.8 Å². The molecule has 0 heterocycles. The summed E-state index contributed by atoms with van der Waals surface area (Å²) in [7, 11) is 3.47. The van der Waals surface area contributed by atoms with Crippen LogP contribution in [0.15, 0.2) is 18.2 Å². The number of hydrogen-bond donors (Lipinski definition) is 2. The molecule has 0 radical (unpaired) electrons. The third-order valence-electron chi connectivity index (χ3n) is 2.77. The molecule has 0 saturated heterocycles. The van der Waals surface area contributed by atoms with Crippen LogP contribution >= 0.6 is 12.2 Å². The van der Waals surface area contributed by atoms with E-state index in [9.17, 15) is 4.79 Å². The van der Waals surface area contributed by atoms with Gasteiger partial charge in [-0.3, -0.25) is 9.69 Å². The lowest BCUT2D eigenvalue weighted by Gasteiger charge is -2.17. The van der Waals surface area contributed by atoms with Gasteiger partial charge < -0.3 is 15.8 Å². The second-order valence-electron chi connectivity index (χ2n) is 4.52. The Morgan fingerprint density at radius 2 is 2.20 bits per heavy atom. The molecule has 0 unspecified atom stereocenters. The smallest absolute Gasteiger partial charge is 0.234 e. The number of nitrogens with two attached hydrogens (primary N) is 1. The van der Waals surface area contributed by atoms with Crippen molar-refractivity contribution >= 4 is 23.1 Å². The van der Waals surface area contributed by atoms with Gasteiger partial charge in [-0.05, 0) is 31.7 Å². The molecule has 3 N–H and O–H groups in total. The Balaban J connectivity index is 2.73. The number of amides is 1. The molecule has 1 amide bonds. The maximum Gasteiger partial charge on any atom is 0.234 e. The third-order valence-corrected chi connectivity index (χ3v) is 2.99. The first-order valence-electron chi connectivity index (χ1n) is 6.39. The number of thiocarbonyl (C=S) groups is 1. The number of likely N-dealkylation sites (N-methyl/N-ethyl adjacent to an activating group) is 2. The Bertz CT molecular complexity index is 491. The van der Waals surface area contributed by atoms with Crippen LogP contribution in [0.2, 0.25) is 0 Å². The Morgan fingerprint density at radius 3 is 2.75 bits per heavy atom. The zero-order valence-electron chi connectivity index (χ0n) is 12.1. The SMILES string of the molecule is CCNC(=O)CN(C)Cc1ccc(C(N)=S)c(OC)c1. The van der Waals surface area contributed by atoms with Crippen molar-refractivity contribution in [1.29, 1.82) is 0 Å². The zero-order valence-corrected chi connectivity index (χ0v) is 12.9. The monoisotopic (exact) mass is 295 g/mol. The van der Waals surface area contributed by atoms with E-state index >= 15 is 0 Å². The highest BCUT2D eigenvalue weighted by atomic mass is 32.1. The largest absolute Gasteiger partial charge is 0.496 e. The Kier molecular flexibility index (Phi) is 6.41. The normalized spacial score (nSPS) is 10.4. The van der Waals surface area contributed by atoms with E-state index in [1.165, 1.54) is 0 Å². The summed E-state index contributed by atoms with van der Waals surface area (Å²) in [5.74, 6) is 0.670. The summed E-state index contributed by atoms with van der Waals surface area (Å²) in [5.41, 5.74) is 7.38. The molecule has 1 aromatic carbocycles. The van der Waals surface area contributed by atoms with Gasteiger partial charge in [0.25, 0.3) is 0 Å². The Hall–Kier alpha value is -1.66. The highest BCUT2D eigenvalue weighted by Gasteiger charge is 2.10. The fourth-order valence-electron chi connectivity index (χ4n) is 1.90. The van der Waals surface area contributed by atoms with E-state index < -0.39 is 0 Å². The number of nitrogens with one attached hydrogen (secondary N) is 1. The second kappa shape index (κ2) is 7.81. The van der Waals surface area contributed by atoms with E-state index in [1.807, 2.05) is 37.1 Å². The topological polar surface area (TPSA) is 67.6 Å². The summed E-state index contributed by atoms with van der Waals surface area (Å²) >= 11 is 4.97. The van der Waals surface area contributed by atoms with Gasteiger partial charge in [0.2, 0.25) is 5.91 Å². The van der Waals surface area contributed by atoms with E-state index in [1.54, 1.807) is 7.11 Å². The number of carbonyl (C=O) groups is 1. The summed E-state index contributed by atoms with van der Waals surface area (Å²) in [6.07, 6.45) is 0. The molecular weight excluding hydrogens is 274 g/mol. The van der Waals surface area contributed by atoms with E-state index in [-0.39, 0.29) is 5.91 Å². The molecule has 6 heteroatoms. The maximum absolute atomic E-state index is 11.5. The van der Waals surface area contributed by atoms with E-state index in [0.717, 1.165) is 11.1 Å². The zero-order chi connectivity index (χ0) is 15.1. The molecule has 0 spiro atoms. The number of rotatable bonds is 7. The Labute approximate surface area is 125 Å². The van der Waals surface area contributed by atoms with Crippen molar-refractivity contribution in [1.82, 2.24) is 10.2 Å². The molecule has 0 saturated carbocycles. The standard InChI is InChI=1S/C14H21N3O2S/c1-4-16-13(18)9-17(2)8-10-5-6-11(14(15)20)12(7-10)19-3/h5-7H,4,8-9H2,1-3H3,(H2,15,20)(H,16,18). The van der Waals surface area contributed by atoms with E-state index in [4.69, 9.17) is 22.7 Å². The summed E-state index contributed by atoms with van der Waals surface area (Å²) in [6, 6.07) is 5.67. The number of methoxy groups -OCH3 is 1. The lowest BCUT2D eigenvalue weighted by Crippen LogP contribution is -2.34.